The van der Waals surface area contributed by atoms with Crippen LogP contribution >= 0.6 is 0 Å². The van der Waals surface area contributed by atoms with Gasteiger partial charge in [-0.15, -0.1) is 0 Å². The lowest BCUT2D eigenvalue weighted by Gasteiger charge is -2.34. The van der Waals surface area contributed by atoms with Crippen LogP contribution in [-0.4, -0.2) is 107 Å². The predicted molar refractivity (Wildman–Crippen MR) is 104 cm³/mol. The summed E-state index contributed by atoms with van der Waals surface area (Å²) in [5, 5.41) is 0. The lowest BCUT2D eigenvalue weighted by atomic mass is 10.1. The molecule has 10 nitrogen and oxygen atoms in total. The summed E-state index contributed by atoms with van der Waals surface area (Å²) in [6.07, 6.45) is 5.27. The molecule has 30 heavy (non-hydrogen) atoms. The van der Waals surface area contributed by atoms with Crippen molar-refractivity contribution in [2.75, 3.05) is 52.4 Å². The van der Waals surface area contributed by atoms with Crippen molar-refractivity contribution in [3.63, 3.8) is 0 Å². The molecule has 3 heterocycles. The van der Waals surface area contributed by atoms with Crippen molar-refractivity contribution in [3.05, 3.63) is 0 Å². The summed E-state index contributed by atoms with van der Waals surface area (Å²) in [5.41, 5.74) is 0. The zero-order chi connectivity index (χ0) is 21.7. The molecule has 164 valence electrons. The van der Waals surface area contributed by atoms with Crippen molar-refractivity contribution in [3.8, 4) is 0 Å². The number of carbonyl (C=O) groups is 6. The fourth-order valence-corrected chi connectivity index (χ4v) is 4.06. The van der Waals surface area contributed by atoms with Crippen molar-refractivity contribution in [2.45, 2.75) is 38.5 Å². The molecular weight excluding hydrogens is 392 g/mol. The van der Waals surface area contributed by atoms with Gasteiger partial charge >= 0.3 is 11.6 Å². The Morgan fingerprint density at radius 3 is 0.833 bits per heavy atom. The Hall–Kier alpha value is -2.78. The van der Waals surface area contributed by atoms with Gasteiger partial charge in [0.25, 0.3) is 23.6 Å². The number of nitrogens with zero attached hydrogens (tertiary/aromatic N) is 4. The number of Topliss-reactive ketones (excluding diaryl/α,β-unsaturated/α-hetero) is 2. The second-order valence-corrected chi connectivity index (χ2v) is 7.95. The second-order valence-electron chi connectivity index (χ2n) is 7.95. The van der Waals surface area contributed by atoms with Gasteiger partial charge in [0.1, 0.15) is 0 Å². The Morgan fingerprint density at radius 1 is 0.333 bits per heavy atom. The van der Waals surface area contributed by atoms with E-state index in [1.807, 2.05) is 0 Å². The average molecular weight is 420 g/mol. The third-order valence-corrected chi connectivity index (χ3v) is 5.92. The van der Waals surface area contributed by atoms with Crippen LogP contribution in [0.5, 0.6) is 0 Å². The molecule has 0 bridgehead atoms. The van der Waals surface area contributed by atoms with E-state index in [9.17, 15) is 28.8 Å². The van der Waals surface area contributed by atoms with Gasteiger partial charge in [-0.1, -0.05) is 0 Å². The van der Waals surface area contributed by atoms with E-state index < -0.39 is 35.2 Å². The molecule has 0 N–H and O–H groups in total. The number of amides is 4. The van der Waals surface area contributed by atoms with E-state index in [0.717, 1.165) is 38.5 Å². The zero-order valence-corrected chi connectivity index (χ0v) is 17.1. The van der Waals surface area contributed by atoms with Crippen LogP contribution in [0.4, 0.5) is 0 Å². The van der Waals surface area contributed by atoms with Gasteiger partial charge in [0.05, 0.1) is 0 Å². The molecule has 3 rings (SSSR count). The number of likely N-dealkylation sites (tertiary alicyclic amines) is 2. The second kappa shape index (κ2) is 9.82. The van der Waals surface area contributed by atoms with Crippen molar-refractivity contribution in [1.29, 1.82) is 0 Å². The predicted octanol–water partition coefficient (Wildman–Crippen LogP) is -1.18. The van der Waals surface area contributed by atoms with Gasteiger partial charge in [-0.2, -0.15) is 0 Å². The summed E-state index contributed by atoms with van der Waals surface area (Å²) < 4.78 is 0. The fraction of sp³-hybridized carbons (Fsp3) is 0.700. The normalized spacial score (nSPS) is 20.0. The summed E-state index contributed by atoms with van der Waals surface area (Å²) in [6, 6.07) is 0. The van der Waals surface area contributed by atoms with E-state index in [1.54, 1.807) is 0 Å². The SMILES string of the molecule is O=C(C(=O)N1CCCCC1)C(=O)N1CCN(C(=O)C(=O)C(=O)N2CCCCC2)CC1. The highest BCUT2D eigenvalue weighted by Gasteiger charge is 2.37. The quantitative estimate of drug-likeness (QED) is 0.418. The Labute approximate surface area is 175 Å². The van der Waals surface area contributed by atoms with E-state index >= 15 is 0 Å². The van der Waals surface area contributed by atoms with Crippen molar-refractivity contribution < 1.29 is 28.8 Å². The van der Waals surface area contributed by atoms with Crippen LogP contribution in [0.3, 0.4) is 0 Å². The van der Waals surface area contributed by atoms with Gasteiger partial charge in [0.15, 0.2) is 0 Å². The maximum atomic E-state index is 12.4. The van der Waals surface area contributed by atoms with E-state index in [4.69, 9.17) is 0 Å². The minimum atomic E-state index is -1.06. The average Bonchev–Trinajstić information content (AvgIpc) is 2.82. The highest BCUT2D eigenvalue weighted by molar-refractivity contribution is 6.63. The van der Waals surface area contributed by atoms with Crippen molar-refractivity contribution in [2.24, 2.45) is 0 Å². The number of carbonyl (C=O) groups excluding carboxylic acids is 6. The van der Waals surface area contributed by atoms with Crippen LogP contribution in [0.1, 0.15) is 38.5 Å². The molecule has 3 aliphatic heterocycles. The molecule has 0 saturated carbocycles. The van der Waals surface area contributed by atoms with Gasteiger partial charge in [-0.05, 0) is 38.5 Å². The number of hydrogen-bond donors (Lipinski definition) is 0. The third kappa shape index (κ3) is 4.85. The number of rotatable bonds is 4. The van der Waals surface area contributed by atoms with Gasteiger partial charge < -0.3 is 19.6 Å². The largest absolute Gasteiger partial charge is 0.336 e. The summed E-state index contributed by atoms with van der Waals surface area (Å²) in [7, 11) is 0. The smallest absolute Gasteiger partial charge is 0.307 e. The van der Waals surface area contributed by atoms with Crippen molar-refractivity contribution in [1.82, 2.24) is 19.6 Å². The number of piperidine rings is 2. The molecule has 0 aromatic heterocycles. The van der Waals surface area contributed by atoms with E-state index in [1.165, 1.54) is 19.6 Å². The van der Waals surface area contributed by atoms with Crippen LogP contribution in [0.25, 0.3) is 0 Å². The standard InChI is InChI=1S/C20H28N4O6/c25-15(17(27)21-7-3-1-4-8-21)19(29)23-11-13-24(14-12-23)20(30)16(26)18(28)22-9-5-2-6-10-22/h1-14H2. The van der Waals surface area contributed by atoms with Gasteiger partial charge in [-0.25, -0.2) is 0 Å². The molecule has 0 aromatic carbocycles. The Bertz CT molecular complexity index is 670. The Balaban J connectivity index is 1.49. The number of hydrogen-bond acceptors (Lipinski definition) is 6. The molecule has 0 unspecified atom stereocenters. The first-order valence-electron chi connectivity index (χ1n) is 10.6. The molecule has 3 aliphatic rings. The summed E-state index contributed by atoms with van der Waals surface area (Å²) >= 11 is 0. The maximum absolute atomic E-state index is 12.4. The van der Waals surface area contributed by atoms with Gasteiger partial charge in [0.2, 0.25) is 0 Å². The summed E-state index contributed by atoms with van der Waals surface area (Å²) in [4.78, 5) is 79.1. The highest BCUT2D eigenvalue weighted by atomic mass is 16.2. The summed E-state index contributed by atoms with van der Waals surface area (Å²) in [5.74, 6) is -5.44. The lowest BCUT2D eigenvalue weighted by Crippen LogP contribution is -2.56. The molecule has 0 spiro atoms. The van der Waals surface area contributed by atoms with Crippen molar-refractivity contribution >= 4 is 35.2 Å². The monoisotopic (exact) mass is 420 g/mol. The minimum Gasteiger partial charge on any atom is -0.336 e. The van der Waals surface area contributed by atoms with Crippen LogP contribution in [0, 0.1) is 0 Å². The zero-order valence-electron chi connectivity index (χ0n) is 17.1. The van der Waals surface area contributed by atoms with Crippen LogP contribution in [0.2, 0.25) is 0 Å². The first-order chi connectivity index (χ1) is 14.4. The molecule has 3 fully saturated rings. The van der Waals surface area contributed by atoms with Crippen LogP contribution in [0.15, 0.2) is 0 Å². The fourth-order valence-electron chi connectivity index (χ4n) is 4.06. The Morgan fingerprint density at radius 2 is 0.567 bits per heavy atom. The molecule has 3 saturated heterocycles. The summed E-state index contributed by atoms with van der Waals surface area (Å²) in [6.45, 7) is 2.06. The number of piperazine rings is 1. The van der Waals surface area contributed by atoms with E-state index in [2.05, 4.69) is 0 Å². The molecule has 0 radical (unpaired) electrons. The first-order valence-corrected chi connectivity index (χ1v) is 10.6. The molecule has 0 aliphatic carbocycles. The first kappa shape index (κ1) is 21.9. The molecule has 4 amide bonds. The molecule has 0 aromatic rings. The lowest BCUT2D eigenvalue weighted by molar-refractivity contribution is -0.157. The van der Waals surface area contributed by atoms with Crippen LogP contribution in [-0.2, 0) is 28.8 Å². The van der Waals surface area contributed by atoms with E-state index in [-0.39, 0.29) is 26.2 Å². The third-order valence-electron chi connectivity index (χ3n) is 5.92. The Kier molecular flexibility index (Phi) is 7.17. The number of ketones is 2. The molecular formula is C20H28N4O6. The van der Waals surface area contributed by atoms with Gasteiger partial charge in [0, 0.05) is 52.4 Å². The van der Waals surface area contributed by atoms with E-state index in [0.29, 0.717) is 26.2 Å². The minimum absolute atomic E-state index is 0.0365. The topological polar surface area (TPSA) is 115 Å². The van der Waals surface area contributed by atoms with Crippen LogP contribution < -0.4 is 0 Å². The molecule has 10 heteroatoms. The maximum Gasteiger partial charge on any atom is 0.307 e. The van der Waals surface area contributed by atoms with Gasteiger partial charge in [-0.3, -0.25) is 28.8 Å². The molecule has 0 atom stereocenters. The highest BCUT2D eigenvalue weighted by Crippen LogP contribution is 2.12.